The van der Waals surface area contributed by atoms with Crippen LogP contribution in [0.1, 0.15) is 24.8 Å². The Hall–Kier alpha value is -2.99. The molecule has 2 aromatic carbocycles. The summed E-state index contributed by atoms with van der Waals surface area (Å²) < 4.78 is 0. The predicted molar refractivity (Wildman–Crippen MR) is 116 cm³/mol. The minimum Gasteiger partial charge on any atom is -0.380 e. The van der Waals surface area contributed by atoms with E-state index in [1.54, 1.807) is 24.5 Å². The van der Waals surface area contributed by atoms with E-state index in [0.29, 0.717) is 23.8 Å². The molecule has 1 aliphatic rings. The van der Waals surface area contributed by atoms with Gasteiger partial charge in [0.15, 0.2) is 0 Å². The largest absolute Gasteiger partial charge is 0.380 e. The summed E-state index contributed by atoms with van der Waals surface area (Å²) in [6.07, 6.45) is 6.63. The van der Waals surface area contributed by atoms with Gasteiger partial charge in [-0.05, 0) is 56.0 Å². The molecule has 4 rings (SSSR count). The molecule has 1 saturated heterocycles. The number of likely N-dealkylation sites (tertiary alicyclic amines) is 1. The highest BCUT2D eigenvalue weighted by atomic mass is 16.2. The molecule has 29 heavy (non-hydrogen) atoms. The SMILES string of the molecule is O=c1c(NCCC2CCN(Cc3ccccc3)CC2)c(Nc2ccncc2)c1=O. The lowest BCUT2D eigenvalue weighted by Gasteiger charge is -2.32. The Morgan fingerprint density at radius 3 is 2.34 bits per heavy atom. The normalized spacial score (nSPS) is 15.4. The van der Waals surface area contributed by atoms with Crippen molar-refractivity contribution >= 4 is 17.1 Å². The summed E-state index contributed by atoms with van der Waals surface area (Å²) in [4.78, 5) is 30.3. The Balaban J connectivity index is 1.23. The fourth-order valence-corrected chi connectivity index (χ4v) is 3.94. The lowest BCUT2D eigenvalue weighted by Crippen LogP contribution is -2.37. The van der Waals surface area contributed by atoms with Crippen molar-refractivity contribution in [2.45, 2.75) is 25.8 Å². The van der Waals surface area contributed by atoms with Gasteiger partial charge in [-0.1, -0.05) is 30.3 Å². The maximum absolute atomic E-state index is 11.9. The number of hydrogen-bond acceptors (Lipinski definition) is 6. The molecule has 0 atom stereocenters. The number of nitrogens with one attached hydrogen (secondary N) is 2. The van der Waals surface area contributed by atoms with Crippen molar-refractivity contribution < 1.29 is 0 Å². The molecule has 150 valence electrons. The van der Waals surface area contributed by atoms with E-state index in [-0.39, 0.29) is 0 Å². The zero-order valence-electron chi connectivity index (χ0n) is 16.4. The first kappa shape index (κ1) is 19.3. The fourth-order valence-electron chi connectivity index (χ4n) is 3.94. The number of pyridine rings is 1. The van der Waals surface area contributed by atoms with E-state index in [0.717, 1.165) is 31.7 Å². The van der Waals surface area contributed by atoms with Crippen LogP contribution in [0.25, 0.3) is 0 Å². The molecule has 0 radical (unpaired) electrons. The first-order valence-corrected chi connectivity index (χ1v) is 10.2. The molecule has 1 aliphatic heterocycles. The first-order valence-electron chi connectivity index (χ1n) is 10.2. The minimum absolute atomic E-state index is 0.360. The Bertz CT molecular complexity index is 989. The van der Waals surface area contributed by atoms with Gasteiger partial charge in [0.2, 0.25) is 0 Å². The number of anilines is 3. The lowest BCUT2D eigenvalue weighted by molar-refractivity contribution is 0.174. The average molecular weight is 390 g/mol. The Morgan fingerprint density at radius 2 is 1.62 bits per heavy atom. The second-order valence-corrected chi connectivity index (χ2v) is 7.69. The summed E-state index contributed by atoms with van der Waals surface area (Å²) in [5.74, 6) is 0.651. The molecule has 0 aliphatic carbocycles. The zero-order chi connectivity index (χ0) is 20.1. The summed E-state index contributed by atoms with van der Waals surface area (Å²) in [6, 6.07) is 14.1. The molecule has 6 heteroatoms. The summed E-state index contributed by atoms with van der Waals surface area (Å²) >= 11 is 0. The summed E-state index contributed by atoms with van der Waals surface area (Å²) in [6.45, 7) is 3.93. The topological polar surface area (TPSA) is 74.3 Å². The summed E-state index contributed by atoms with van der Waals surface area (Å²) in [5, 5.41) is 6.21. The minimum atomic E-state index is -0.460. The van der Waals surface area contributed by atoms with E-state index in [9.17, 15) is 9.59 Å². The zero-order valence-corrected chi connectivity index (χ0v) is 16.4. The van der Waals surface area contributed by atoms with Crippen molar-refractivity contribution in [2.24, 2.45) is 5.92 Å². The molecule has 2 heterocycles. The molecule has 0 amide bonds. The van der Waals surface area contributed by atoms with Crippen molar-refractivity contribution in [2.75, 3.05) is 30.3 Å². The van der Waals surface area contributed by atoms with Gasteiger partial charge < -0.3 is 10.6 Å². The van der Waals surface area contributed by atoms with Crippen LogP contribution >= 0.6 is 0 Å². The highest BCUT2D eigenvalue weighted by molar-refractivity contribution is 5.78. The van der Waals surface area contributed by atoms with Gasteiger partial charge in [0.1, 0.15) is 11.4 Å². The van der Waals surface area contributed by atoms with Gasteiger partial charge in [0.05, 0.1) is 0 Å². The van der Waals surface area contributed by atoms with E-state index in [1.165, 1.54) is 18.4 Å². The summed E-state index contributed by atoms with van der Waals surface area (Å²) in [5.41, 5.74) is 1.99. The number of hydrogen-bond donors (Lipinski definition) is 2. The van der Waals surface area contributed by atoms with Gasteiger partial charge in [-0.25, -0.2) is 0 Å². The van der Waals surface area contributed by atoms with Crippen molar-refractivity contribution in [3.05, 3.63) is 80.9 Å². The third kappa shape index (κ3) is 4.71. The van der Waals surface area contributed by atoms with Crippen molar-refractivity contribution in [3.63, 3.8) is 0 Å². The van der Waals surface area contributed by atoms with E-state index in [4.69, 9.17) is 0 Å². The molecule has 0 spiro atoms. The third-order valence-electron chi connectivity index (χ3n) is 5.67. The number of piperidine rings is 1. The van der Waals surface area contributed by atoms with E-state index < -0.39 is 10.9 Å². The van der Waals surface area contributed by atoms with Crippen molar-refractivity contribution in [1.82, 2.24) is 9.88 Å². The second-order valence-electron chi connectivity index (χ2n) is 7.69. The highest BCUT2D eigenvalue weighted by Crippen LogP contribution is 2.23. The van der Waals surface area contributed by atoms with Gasteiger partial charge >= 0.3 is 0 Å². The molecule has 0 bridgehead atoms. The Labute approximate surface area is 170 Å². The van der Waals surface area contributed by atoms with Crippen LogP contribution in [0.15, 0.2) is 64.4 Å². The Morgan fingerprint density at radius 1 is 0.931 bits per heavy atom. The summed E-state index contributed by atoms with van der Waals surface area (Å²) in [7, 11) is 0. The molecule has 2 N–H and O–H groups in total. The molecular weight excluding hydrogens is 364 g/mol. The van der Waals surface area contributed by atoms with Gasteiger partial charge in [0, 0.05) is 31.2 Å². The van der Waals surface area contributed by atoms with E-state index >= 15 is 0 Å². The monoisotopic (exact) mass is 390 g/mol. The van der Waals surface area contributed by atoms with Crippen LogP contribution in [-0.2, 0) is 6.54 Å². The predicted octanol–water partition coefficient (Wildman–Crippen LogP) is 3.14. The fraction of sp³-hybridized carbons (Fsp3) is 0.348. The number of benzene rings is 1. The van der Waals surface area contributed by atoms with Crippen molar-refractivity contribution in [1.29, 1.82) is 0 Å². The van der Waals surface area contributed by atoms with Gasteiger partial charge in [-0.3, -0.25) is 19.5 Å². The van der Waals surface area contributed by atoms with Crippen LogP contribution in [0.4, 0.5) is 17.1 Å². The number of rotatable bonds is 8. The van der Waals surface area contributed by atoms with Crippen LogP contribution in [-0.4, -0.2) is 29.5 Å². The van der Waals surface area contributed by atoms with Gasteiger partial charge in [0.25, 0.3) is 10.9 Å². The Kier molecular flexibility index (Phi) is 6.00. The van der Waals surface area contributed by atoms with Gasteiger partial charge in [-0.2, -0.15) is 0 Å². The maximum Gasteiger partial charge on any atom is 0.253 e. The highest BCUT2D eigenvalue weighted by Gasteiger charge is 2.22. The van der Waals surface area contributed by atoms with E-state index in [1.807, 2.05) is 0 Å². The maximum atomic E-state index is 11.9. The van der Waals surface area contributed by atoms with Crippen LogP contribution < -0.4 is 21.5 Å². The standard InChI is InChI=1S/C23H26N4O2/c28-22-20(21(23(22)29)26-19-7-11-24-12-8-19)25-13-6-17-9-14-27(15-10-17)16-18-4-2-1-3-5-18/h1-5,7-8,11-12,17,25H,6,9-10,13-16H2,(H,24,26). The average Bonchev–Trinajstić information content (AvgIpc) is 2.78. The smallest absolute Gasteiger partial charge is 0.253 e. The molecule has 6 nitrogen and oxygen atoms in total. The van der Waals surface area contributed by atoms with Crippen LogP contribution in [0.2, 0.25) is 0 Å². The third-order valence-corrected chi connectivity index (χ3v) is 5.67. The molecule has 1 fully saturated rings. The number of nitrogens with zero attached hydrogens (tertiary/aromatic N) is 2. The molecular formula is C23H26N4O2. The second kappa shape index (κ2) is 9.01. The molecule has 3 aromatic rings. The quantitative estimate of drug-likeness (QED) is 0.576. The van der Waals surface area contributed by atoms with Crippen LogP contribution in [0, 0.1) is 5.92 Å². The number of aromatic nitrogens is 1. The van der Waals surface area contributed by atoms with Crippen LogP contribution in [0.5, 0.6) is 0 Å². The first-order chi connectivity index (χ1) is 14.2. The van der Waals surface area contributed by atoms with Crippen molar-refractivity contribution in [3.8, 4) is 0 Å². The van der Waals surface area contributed by atoms with Crippen LogP contribution in [0.3, 0.4) is 0 Å². The molecule has 1 aromatic heterocycles. The van der Waals surface area contributed by atoms with E-state index in [2.05, 4.69) is 50.8 Å². The lowest BCUT2D eigenvalue weighted by atomic mass is 9.93. The van der Waals surface area contributed by atoms with Gasteiger partial charge in [-0.15, -0.1) is 0 Å². The molecule has 0 saturated carbocycles. The molecule has 0 unspecified atom stereocenters.